The zero-order valence-corrected chi connectivity index (χ0v) is 16.6. The van der Waals surface area contributed by atoms with E-state index in [2.05, 4.69) is 17.1 Å². The Hall–Kier alpha value is -2.43. The van der Waals surface area contributed by atoms with Crippen molar-refractivity contribution >= 4 is 22.7 Å². The predicted molar refractivity (Wildman–Crippen MR) is 108 cm³/mol. The normalized spacial score (nSPS) is 19.1. The van der Waals surface area contributed by atoms with Gasteiger partial charge in [-0.3, -0.25) is 0 Å². The molecule has 2 aromatic carbocycles. The maximum Gasteiger partial charge on any atom is 0.417 e. The smallest absolute Gasteiger partial charge is 0.368 e. The Morgan fingerprint density at radius 3 is 2.69 bits per heavy atom. The number of hydrogen-bond acceptors (Lipinski definition) is 3. The molecule has 29 heavy (non-hydrogen) atoms. The van der Waals surface area contributed by atoms with Crippen LogP contribution in [-0.4, -0.2) is 17.3 Å². The number of halogens is 3. The number of nitriles is 1. The highest BCUT2D eigenvalue weighted by molar-refractivity contribution is 7.98. The van der Waals surface area contributed by atoms with Crippen LogP contribution in [0.1, 0.15) is 34.9 Å². The minimum absolute atomic E-state index is 0.349. The fourth-order valence-electron chi connectivity index (χ4n) is 3.84. The van der Waals surface area contributed by atoms with E-state index in [1.165, 1.54) is 11.6 Å². The van der Waals surface area contributed by atoms with Gasteiger partial charge in [0.1, 0.15) is 5.60 Å². The summed E-state index contributed by atoms with van der Waals surface area (Å²) >= 11 is 1.72. The van der Waals surface area contributed by atoms with Crippen molar-refractivity contribution in [3.63, 3.8) is 0 Å². The molecule has 1 aromatic heterocycles. The zero-order chi connectivity index (χ0) is 20.6. The minimum Gasteiger partial charge on any atom is -0.368 e. The average molecular weight is 416 g/mol. The second-order valence-electron chi connectivity index (χ2n) is 7.34. The van der Waals surface area contributed by atoms with E-state index in [4.69, 9.17) is 4.74 Å². The summed E-state index contributed by atoms with van der Waals surface area (Å²) in [5, 5.41) is 9.89. The Kier molecular flexibility index (Phi) is 5.09. The van der Waals surface area contributed by atoms with Gasteiger partial charge in [-0.25, -0.2) is 0 Å². The number of nitrogens with zero attached hydrogens (tertiary/aromatic N) is 1. The number of hydrogen-bond donors (Lipinski definition) is 1. The van der Waals surface area contributed by atoms with Crippen LogP contribution in [0.15, 0.2) is 42.5 Å². The van der Waals surface area contributed by atoms with Crippen molar-refractivity contribution in [2.45, 2.75) is 30.9 Å². The van der Waals surface area contributed by atoms with Crippen molar-refractivity contribution in [2.24, 2.45) is 0 Å². The van der Waals surface area contributed by atoms with Gasteiger partial charge in [-0.2, -0.15) is 30.2 Å². The summed E-state index contributed by atoms with van der Waals surface area (Å²) in [5.74, 6) is 1.49. The molecule has 0 bridgehead atoms. The summed E-state index contributed by atoms with van der Waals surface area (Å²) in [6.45, 7) is 2.46. The maximum atomic E-state index is 13.3. The van der Waals surface area contributed by atoms with Gasteiger partial charge in [-0.15, -0.1) is 0 Å². The van der Waals surface area contributed by atoms with E-state index >= 15 is 0 Å². The molecule has 0 radical (unpaired) electrons. The van der Waals surface area contributed by atoms with Gasteiger partial charge >= 0.3 is 6.18 Å². The standard InChI is InChI=1S/C22H19F3N2OS/c1-21(13-29-12-14-5-3-2-4-6-14)20-16(7-8-28-21)17-9-15(11-26)18(22(23,24)25)10-19(17)27-20/h2-6,9-10,27H,7-8,12-13H2,1H3. The Morgan fingerprint density at radius 2 is 2.00 bits per heavy atom. The topological polar surface area (TPSA) is 48.8 Å². The molecule has 7 heteroatoms. The lowest BCUT2D eigenvalue weighted by Crippen LogP contribution is -2.35. The van der Waals surface area contributed by atoms with Gasteiger partial charge in [0.2, 0.25) is 0 Å². The van der Waals surface area contributed by atoms with Crippen LogP contribution in [0.5, 0.6) is 0 Å². The third-order valence-corrected chi connectivity index (χ3v) is 6.55. The molecule has 1 atom stereocenters. The van der Waals surface area contributed by atoms with Crippen LogP contribution >= 0.6 is 11.8 Å². The first-order valence-corrected chi connectivity index (χ1v) is 10.4. The lowest BCUT2D eigenvalue weighted by molar-refractivity contribution is -0.137. The van der Waals surface area contributed by atoms with Crippen LogP contribution in [0.3, 0.4) is 0 Å². The van der Waals surface area contributed by atoms with E-state index in [1.807, 2.05) is 25.1 Å². The van der Waals surface area contributed by atoms with E-state index in [-0.39, 0.29) is 5.56 Å². The van der Waals surface area contributed by atoms with E-state index in [9.17, 15) is 18.4 Å². The van der Waals surface area contributed by atoms with Crippen molar-refractivity contribution in [1.29, 1.82) is 5.26 Å². The van der Waals surface area contributed by atoms with Crippen molar-refractivity contribution < 1.29 is 17.9 Å². The first kappa shape index (κ1) is 19.9. The molecule has 1 N–H and O–H groups in total. The first-order chi connectivity index (χ1) is 13.8. The van der Waals surface area contributed by atoms with Crippen LogP contribution in [0.25, 0.3) is 10.9 Å². The average Bonchev–Trinajstić information content (AvgIpc) is 3.07. The van der Waals surface area contributed by atoms with Crippen LogP contribution < -0.4 is 0 Å². The Bertz CT molecular complexity index is 1090. The molecular weight excluding hydrogens is 397 g/mol. The number of thioether (sulfide) groups is 1. The lowest BCUT2D eigenvalue weighted by Gasteiger charge is -2.34. The molecule has 0 fully saturated rings. The van der Waals surface area contributed by atoms with Gasteiger partial charge in [-0.1, -0.05) is 30.3 Å². The minimum atomic E-state index is -4.57. The van der Waals surface area contributed by atoms with Crippen molar-refractivity contribution in [2.75, 3.05) is 12.4 Å². The number of nitrogens with one attached hydrogen (secondary N) is 1. The fourth-order valence-corrected chi connectivity index (χ4v) is 4.99. The highest BCUT2D eigenvalue weighted by Crippen LogP contribution is 2.41. The Labute approximate surface area is 170 Å². The molecule has 0 saturated carbocycles. The number of ether oxygens (including phenoxy) is 1. The third-order valence-electron chi connectivity index (χ3n) is 5.26. The van der Waals surface area contributed by atoms with Crippen molar-refractivity contribution in [3.05, 3.63) is 70.4 Å². The van der Waals surface area contributed by atoms with E-state index < -0.39 is 17.3 Å². The van der Waals surface area contributed by atoms with Gasteiger partial charge in [-0.05, 0) is 36.6 Å². The van der Waals surface area contributed by atoms with E-state index in [1.54, 1.807) is 17.8 Å². The SMILES string of the molecule is CC1(CSCc2ccccc2)OCCc2c1[nH]c1cc(C(F)(F)F)c(C#N)cc21. The second-order valence-corrected chi connectivity index (χ2v) is 8.32. The van der Waals surface area contributed by atoms with Gasteiger partial charge < -0.3 is 9.72 Å². The molecule has 3 aromatic rings. The summed E-state index contributed by atoms with van der Waals surface area (Å²) in [6.07, 6.45) is -3.97. The summed E-state index contributed by atoms with van der Waals surface area (Å²) in [7, 11) is 0. The van der Waals surface area contributed by atoms with Crippen molar-refractivity contribution in [1.82, 2.24) is 4.98 Å². The Balaban J connectivity index is 1.68. The van der Waals surface area contributed by atoms with E-state index in [0.717, 1.165) is 23.1 Å². The molecule has 1 unspecified atom stereocenters. The van der Waals surface area contributed by atoms with Crippen LogP contribution in [0, 0.1) is 11.3 Å². The molecule has 0 saturated heterocycles. The van der Waals surface area contributed by atoms with Crippen LogP contribution in [-0.2, 0) is 28.7 Å². The molecule has 4 rings (SSSR count). The first-order valence-electron chi connectivity index (χ1n) is 9.24. The number of aromatic nitrogens is 1. The number of fused-ring (bicyclic) bond motifs is 3. The van der Waals surface area contributed by atoms with Gasteiger partial charge in [0, 0.05) is 22.4 Å². The molecule has 150 valence electrons. The van der Waals surface area contributed by atoms with Crippen LogP contribution in [0.2, 0.25) is 0 Å². The fraction of sp³-hybridized carbons (Fsp3) is 0.318. The van der Waals surface area contributed by atoms with Gasteiger partial charge in [0.25, 0.3) is 0 Å². The number of benzene rings is 2. The molecule has 0 aliphatic carbocycles. The highest BCUT2D eigenvalue weighted by Gasteiger charge is 2.38. The van der Waals surface area contributed by atoms with Crippen molar-refractivity contribution in [3.8, 4) is 6.07 Å². The molecule has 2 heterocycles. The summed E-state index contributed by atoms with van der Waals surface area (Å²) < 4.78 is 46.1. The van der Waals surface area contributed by atoms with Crippen LogP contribution in [0.4, 0.5) is 13.2 Å². The number of H-pyrrole nitrogens is 1. The highest BCUT2D eigenvalue weighted by atomic mass is 32.2. The zero-order valence-electron chi connectivity index (χ0n) is 15.8. The van der Waals surface area contributed by atoms with Gasteiger partial charge in [0.15, 0.2) is 0 Å². The summed E-state index contributed by atoms with van der Waals surface area (Å²) in [5.41, 5.74) is 1.47. The molecule has 1 aliphatic rings. The molecular formula is C22H19F3N2OS. The quantitative estimate of drug-likeness (QED) is 0.587. The summed E-state index contributed by atoms with van der Waals surface area (Å²) in [6, 6.07) is 14.2. The molecule has 0 spiro atoms. The second kappa shape index (κ2) is 7.43. The summed E-state index contributed by atoms with van der Waals surface area (Å²) in [4.78, 5) is 3.17. The number of alkyl halides is 3. The number of rotatable bonds is 4. The lowest BCUT2D eigenvalue weighted by atomic mass is 9.93. The Morgan fingerprint density at radius 1 is 1.24 bits per heavy atom. The van der Waals surface area contributed by atoms with Gasteiger partial charge in [0.05, 0.1) is 29.5 Å². The molecule has 3 nitrogen and oxygen atoms in total. The maximum absolute atomic E-state index is 13.3. The number of aromatic amines is 1. The largest absolute Gasteiger partial charge is 0.417 e. The molecule has 0 amide bonds. The third kappa shape index (κ3) is 3.75. The predicted octanol–water partition coefficient (Wildman–Crippen LogP) is 5.78. The monoisotopic (exact) mass is 416 g/mol. The van der Waals surface area contributed by atoms with E-state index in [0.29, 0.717) is 29.7 Å². The molecule has 1 aliphatic heterocycles.